The van der Waals surface area contributed by atoms with Gasteiger partial charge in [0.05, 0.1) is 13.2 Å². The Balaban J connectivity index is 1.59. The Morgan fingerprint density at radius 2 is 1.63 bits per heavy atom. The highest BCUT2D eigenvalue weighted by molar-refractivity contribution is 5.98. The van der Waals surface area contributed by atoms with Gasteiger partial charge in [0.1, 0.15) is 18.1 Å². The van der Waals surface area contributed by atoms with Gasteiger partial charge in [-0.1, -0.05) is 42.5 Å². The lowest BCUT2D eigenvalue weighted by atomic mass is 9.88. The smallest absolute Gasteiger partial charge is 0.228 e. The van der Waals surface area contributed by atoms with Crippen LogP contribution in [0.4, 0.5) is 5.69 Å². The molecule has 1 saturated heterocycles. The predicted octanol–water partition coefficient (Wildman–Crippen LogP) is 4.82. The number of carbonyl (C=O) groups is 1. The van der Waals surface area contributed by atoms with E-state index in [9.17, 15) is 10.1 Å². The molecule has 30 heavy (non-hydrogen) atoms. The van der Waals surface area contributed by atoms with E-state index in [1.807, 2.05) is 66.7 Å². The highest BCUT2D eigenvalue weighted by Crippen LogP contribution is 2.43. The van der Waals surface area contributed by atoms with E-state index in [4.69, 9.17) is 9.47 Å². The standard InChI is InChI=1S/C25H22N2O3/c1-29-22-13-9-21(10-14-22)27-24(28)15-16-25(27,18-26)20-7-11-23(12-8-20)30-17-19-5-3-2-4-6-19/h2-14H,15-17H2,1H3/t25-/m1/s1. The Labute approximate surface area is 176 Å². The first-order valence-corrected chi connectivity index (χ1v) is 9.82. The minimum Gasteiger partial charge on any atom is -0.497 e. The number of methoxy groups -OCH3 is 1. The van der Waals surface area contributed by atoms with E-state index in [1.54, 1.807) is 24.1 Å². The molecule has 5 nitrogen and oxygen atoms in total. The number of hydrogen-bond acceptors (Lipinski definition) is 4. The fraction of sp³-hybridized carbons (Fsp3) is 0.200. The monoisotopic (exact) mass is 398 g/mol. The van der Waals surface area contributed by atoms with Gasteiger partial charge in [0, 0.05) is 12.1 Å². The van der Waals surface area contributed by atoms with Crippen LogP contribution in [0.3, 0.4) is 0 Å². The summed E-state index contributed by atoms with van der Waals surface area (Å²) in [5, 5.41) is 10.1. The molecular formula is C25H22N2O3. The molecule has 0 spiro atoms. The van der Waals surface area contributed by atoms with Gasteiger partial charge in [0.15, 0.2) is 5.54 Å². The quantitative estimate of drug-likeness (QED) is 0.597. The molecule has 1 atom stereocenters. The molecule has 3 aromatic carbocycles. The second-order valence-corrected chi connectivity index (χ2v) is 7.20. The molecule has 0 saturated carbocycles. The van der Waals surface area contributed by atoms with Crippen LogP contribution in [0.1, 0.15) is 24.0 Å². The van der Waals surface area contributed by atoms with Crippen LogP contribution in [0, 0.1) is 11.3 Å². The van der Waals surface area contributed by atoms with Crippen molar-refractivity contribution in [3.05, 3.63) is 90.0 Å². The molecule has 1 aliphatic heterocycles. The maximum Gasteiger partial charge on any atom is 0.228 e. The van der Waals surface area contributed by atoms with Gasteiger partial charge in [-0.05, 0) is 53.9 Å². The van der Waals surface area contributed by atoms with Gasteiger partial charge in [0.2, 0.25) is 5.91 Å². The average Bonchev–Trinajstić information content (AvgIpc) is 3.16. The molecular weight excluding hydrogens is 376 g/mol. The van der Waals surface area contributed by atoms with Crippen molar-refractivity contribution in [1.82, 2.24) is 0 Å². The number of rotatable bonds is 6. The van der Waals surface area contributed by atoms with Crippen molar-refractivity contribution in [3.8, 4) is 17.6 Å². The summed E-state index contributed by atoms with van der Waals surface area (Å²) >= 11 is 0. The van der Waals surface area contributed by atoms with Crippen LogP contribution in [-0.2, 0) is 16.9 Å². The van der Waals surface area contributed by atoms with Crippen molar-refractivity contribution < 1.29 is 14.3 Å². The highest BCUT2D eigenvalue weighted by Gasteiger charge is 2.48. The molecule has 0 aliphatic carbocycles. The van der Waals surface area contributed by atoms with E-state index in [0.717, 1.165) is 16.9 Å². The molecule has 0 N–H and O–H groups in total. The van der Waals surface area contributed by atoms with Crippen LogP contribution in [0.2, 0.25) is 0 Å². The molecule has 1 amide bonds. The Morgan fingerprint density at radius 3 is 2.27 bits per heavy atom. The number of benzene rings is 3. The van der Waals surface area contributed by atoms with Crippen molar-refractivity contribution in [3.63, 3.8) is 0 Å². The second-order valence-electron chi connectivity index (χ2n) is 7.20. The van der Waals surface area contributed by atoms with Gasteiger partial charge < -0.3 is 9.47 Å². The fourth-order valence-corrected chi connectivity index (χ4v) is 3.83. The summed E-state index contributed by atoms with van der Waals surface area (Å²) in [6, 6.07) is 27.0. The van der Waals surface area contributed by atoms with Crippen molar-refractivity contribution in [2.24, 2.45) is 0 Å². The third kappa shape index (κ3) is 3.60. The number of nitrogens with zero attached hydrogens (tertiary/aromatic N) is 2. The van der Waals surface area contributed by atoms with Gasteiger partial charge in [0.25, 0.3) is 0 Å². The van der Waals surface area contributed by atoms with Crippen molar-refractivity contribution in [1.29, 1.82) is 5.26 Å². The van der Waals surface area contributed by atoms with Crippen LogP contribution in [0.15, 0.2) is 78.9 Å². The predicted molar refractivity (Wildman–Crippen MR) is 114 cm³/mol. The van der Waals surface area contributed by atoms with Crippen molar-refractivity contribution in [2.45, 2.75) is 25.0 Å². The lowest BCUT2D eigenvalue weighted by Gasteiger charge is -2.33. The summed E-state index contributed by atoms with van der Waals surface area (Å²) in [5.74, 6) is 1.36. The Kier molecular flexibility index (Phi) is 5.40. The first-order chi connectivity index (χ1) is 14.7. The zero-order chi connectivity index (χ0) is 21.0. The van der Waals surface area contributed by atoms with Gasteiger partial charge >= 0.3 is 0 Å². The molecule has 4 rings (SSSR count). The molecule has 0 unspecified atom stereocenters. The van der Waals surface area contributed by atoms with E-state index in [0.29, 0.717) is 30.9 Å². The summed E-state index contributed by atoms with van der Waals surface area (Å²) in [5.41, 5.74) is 1.51. The number of anilines is 1. The van der Waals surface area contributed by atoms with Crippen molar-refractivity contribution >= 4 is 11.6 Å². The zero-order valence-electron chi connectivity index (χ0n) is 16.7. The minimum atomic E-state index is -1.04. The normalized spacial score (nSPS) is 18.1. The maximum atomic E-state index is 12.7. The van der Waals surface area contributed by atoms with E-state index < -0.39 is 5.54 Å². The lowest BCUT2D eigenvalue weighted by Crippen LogP contribution is -2.42. The van der Waals surface area contributed by atoms with Crippen LogP contribution in [0.5, 0.6) is 11.5 Å². The number of nitriles is 1. The van der Waals surface area contributed by atoms with E-state index in [2.05, 4.69) is 6.07 Å². The van der Waals surface area contributed by atoms with Gasteiger partial charge in [-0.3, -0.25) is 9.69 Å². The van der Waals surface area contributed by atoms with Crippen LogP contribution in [0.25, 0.3) is 0 Å². The van der Waals surface area contributed by atoms with E-state index in [1.165, 1.54) is 0 Å². The third-order valence-corrected chi connectivity index (χ3v) is 5.43. The number of ether oxygens (including phenoxy) is 2. The average molecular weight is 398 g/mol. The minimum absolute atomic E-state index is 0.0638. The Morgan fingerprint density at radius 1 is 0.967 bits per heavy atom. The molecule has 3 aromatic rings. The number of hydrogen-bond donors (Lipinski definition) is 0. The van der Waals surface area contributed by atoms with E-state index >= 15 is 0 Å². The first-order valence-electron chi connectivity index (χ1n) is 9.82. The Hall–Kier alpha value is -3.78. The summed E-state index contributed by atoms with van der Waals surface area (Å²) in [6.45, 7) is 0.472. The number of carbonyl (C=O) groups excluding carboxylic acids is 1. The molecule has 150 valence electrons. The maximum absolute atomic E-state index is 12.7. The molecule has 0 radical (unpaired) electrons. The summed E-state index contributed by atoms with van der Waals surface area (Å²) < 4.78 is 11.1. The molecule has 1 heterocycles. The largest absolute Gasteiger partial charge is 0.497 e. The number of amides is 1. The molecule has 1 aliphatic rings. The van der Waals surface area contributed by atoms with Crippen molar-refractivity contribution in [2.75, 3.05) is 12.0 Å². The van der Waals surface area contributed by atoms with Crippen LogP contribution in [-0.4, -0.2) is 13.0 Å². The molecule has 0 bridgehead atoms. The van der Waals surface area contributed by atoms with Gasteiger partial charge in [-0.15, -0.1) is 0 Å². The van der Waals surface area contributed by atoms with Crippen LogP contribution < -0.4 is 14.4 Å². The summed E-state index contributed by atoms with van der Waals surface area (Å²) in [4.78, 5) is 14.3. The van der Waals surface area contributed by atoms with Crippen LogP contribution >= 0.6 is 0 Å². The molecule has 5 heteroatoms. The first kappa shape index (κ1) is 19.5. The summed E-state index contributed by atoms with van der Waals surface area (Å²) in [7, 11) is 1.59. The SMILES string of the molecule is COc1ccc(N2C(=O)CC[C@@]2(C#N)c2ccc(OCc3ccccc3)cc2)cc1. The fourth-order valence-electron chi connectivity index (χ4n) is 3.83. The third-order valence-electron chi connectivity index (χ3n) is 5.43. The lowest BCUT2D eigenvalue weighted by molar-refractivity contribution is -0.117. The van der Waals surface area contributed by atoms with E-state index in [-0.39, 0.29) is 5.91 Å². The summed E-state index contributed by atoms with van der Waals surface area (Å²) in [6.07, 6.45) is 0.768. The topological polar surface area (TPSA) is 62.6 Å². The zero-order valence-corrected chi connectivity index (χ0v) is 16.7. The second kappa shape index (κ2) is 8.30. The van der Waals surface area contributed by atoms with Gasteiger partial charge in [-0.2, -0.15) is 5.26 Å². The highest BCUT2D eigenvalue weighted by atomic mass is 16.5. The molecule has 1 fully saturated rings. The molecule has 0 aromatic heterocycles. The van der Waals surface area contributed by atoms with Gasteiger partial charge in [-0.25, -0.2) is 0 Å². The Bertz CT molecular complexity index is 1060.